The van der Waals surface area contributed by atoms with Gasteiger partial charge in [0, 0.05) is 18.0 Å². The standard InChI is InChI=1S/C9H8N2O.BrH/c10-9(12)6-1-2-7-4-11-5-8(7)3-6;/h1-5,11H,(H2,10,12);1H. The van der Waals surface area contributed by atoms with Gasteiger partial charge in [0.2, 0.25) is 5.91 Å². The molecule has 0 saturated carbocycles. The van der Waals surface area contributed by atoms with Crippen LogP contribution in [0.4, 0.5) is 0 Å². The molecule has 0 aliphatic heterocycles. The van der Waals surface area contributed by atoms with Gasteiger partial charge in [-0.1, -0.05) is 6.07 Å². The molecule has 0 saturated heterocycles. The van der Waals surface area contributed by atoms with Gasteiger partial charge in [0.05, 0.1) is 0 Å². The van der Waals surface area contributed by atoms with Gasteiger partial charge < -0.3 is 10.7 Å². The average molecular weight is 241 g/mol. The molecule has 1 heterocycles. The van der Waals surface area contributed by atoms with Crippen LogP contribution in [0.15, 0.2) is 30.6 Å². The third-order valence-corrected chi connectivity index (χ3v) is 1.85. The number of carbonyl (C=O) groups excluding carboxylic acids is 1. The highest BCUT2D eigenvalue weighted by atomic mass is 79.9. The Kier molecular flexibility index (Phi) is 2.72. The van der Waals surface area contributed by atoms with Crippen molar-refractivity contribution >= 4 is 33.7 Å². The first-order valence-corrected chi connectivity index (χ1v) is 3.64. The molecule has 0 aliphatic carbocycles. The first-order valence-electron chi connectivity index (χ1n) is 3.64. The number of hydrogen-bond acceptors (Lipinski definition) is 1. The van der Waals surface area contributed by atoms with E-state index in [4.69, 9.17) is 5.73 Å². The second-order valence-corrected chi connectivity index (χ2v) is 2.66. The minimum atomic E-state index is -0.391. The lowest BCUT2D eigenvalue weighted by Crippen LogP contribution is -2.10. The second-order valence-electron chi connectivity index (χ2n) is 2.66. The van der Waals surface area contributed by atoms with Crippen LogP contribution < -0.4 is 5.73 Å². The van der Waals surface area contributed by atoms with Crippen LogP contribution in [-0.2, 0) is 0 Å². The molecule has 4 heteroatoms. The molecule has 3 nitrogen and oxygen atoms in total. The van der Waals surface area contributed by atoms with Crippen molar-refractivity contribution in [2.24, 2.45) is 5.73 Å². The van der Waals surface area contributed by atoms with Crippen LogP contribution in [0.2, 0.25) is 0 Å². The molecule has 0 fully saturated rings. The molecule has 0 aliphatic rings. The van der Waals surface area contributed by atoms with E-state index >= 15 is 0 Å². The van der Waals surface area contributed by atoms with Crippen LogP contribution >= 0.6 is 17.0 Å². The number of benzene rings is 1. The number of H-pyrrole nitrogens is 1. The molecule has 3 N–H and O–H groups in total. The van der Waals surface area contributed by atoms with Gasteiger partial charge in [-0.2, -0.15) is 0 Å². The van der Waals surface area contributed by atoms with Crippen molar-refractivity contribution in [1.82, 2.24) is 4.98 Å². The first-order chi connectivity index (χ1) is 5.77. The maximum Gasteiger partial charge on any atom is 0.248 e. The Morgan fingerprint density at radius 3 is 2.62 bits per heavy atom. The molecule has 13 heavy (non-hydrogen) atoms. The summed E-state index contributed by atoms with van der Waals surface area (Å²) in [6.07, 6.45) is 3.71. The summed E-state index contributed by atoms with van der Waals surface area (Å²) in [6.45, 7) is 0. The Morgan fingerprint density at radius 1 is 1.23 bits per heavy atom. The van der Waals surface area contributed by atoms with E-state index in [1.165, 1.54) is 0 Å². The highest BCUT2D eigenvalue weighted by Gasteiger charge is 2.00. The molecule has 0 spiro atoms. The zero-order valence-electron chi connectivity index (χ0n) is 6.78. The van der Waals surface area contributed by atoms with Crippen molar-refractivity contribution in [3.8, 4) is 0 Å². The van der Waals surface area contributed by atoms with E-state index in [1.54, 1.807) is 12.1 Å². The van der Waals surface area contributed by atoms with Crippen molar-refractivity contribution < 1.29 is 4.79 Å². The summed E-state index contributed by atoms with van der Waals surface area (Å²) in [4.78, 5) is 13.7. The second kappa shape index (κ2) is 3.62. The van der Waals surface area contributed by atoms with E-state index in [1.807, 2.05) is 18.5 Å². The van der Waals surface area contributed by atoms with Gasteiger partial charge >= 0.3 is 0 Å². The van der Waals surface area contributed by atoms with E-state index < -0.39 is 5.91 Å². The van der Waals surface area contributed by atoms with E-state index in [0.717, 1.165) is 10.8 Å². The minimum absolute atomic E-state index is 0. The van der Waals surface area contributed by atoms with Crippen LogP contribution in [-0.4, -0.2) is 10.9 Å². The largest absolute Gasteiger partial charge is 0.366 e. The fourth-order valence-corrected chi connectivity index (χ4v) is 1.21. The molecular weight excluding hydrogens is 232 g/mol. The smallest absolute Gasteiger partial charge is 0.248 e. The third-order valence-electron chi connectivity index (χ3n) is 1.85. The number of amides is 1. The number of nitrogens with two attached hydrogens (primary N) is 1. The lowest BCUT2D eigenvalue weighted by Gasteiger charge is -1.93. The predicted octanol–water partition coefficient (Wildman–Crippen LogP) is 1.84. The number of fused-ring (bicyclic) bond motifs is 1. The number of primary amides is 1. The lowest BCUT2D eigenvalue weighted by molar-refractivity contribution is 0.100. The molecule has 0 bridgehead atoms. The van der Waals surface area contributed by atoms with Crippen molar-refractivity contribution in [3.63, 3.8) is 0 Å². The summed E-state index contributed by atoms with van der Waals surface area (Å²) in [6, 6.07) is 5.36. The van der Waals surface area contributed by atoms with Crippen LogP contribution in [0.5, 0.6) is 0 Å². The summed E-state index contributed by atoms with van der Waals surface area (Å²) in [7, 11) is 0. The fraction of sp³-hybridized carbons (Fsp3) is 0. The van der Waals surface area contributed by atoms with Crippen molar-refractivity contribution in [1.29, 1.82) is 0 Å². The number of aromatic amines is 1. The fourth-order valence-electron chi connectivity index (χ4n) is 1.21. The molecule has 2 rings (SSSR count). The van der Waals surface area contributed by atoms with Crippen LogP contribution in [0.1, 0.15) is 10.4 Å². The first kappa shape index (κ1) is 9.80. The maximum absolute atomic E-state index is 10.8. The molecule has 0 atom stereocenters. The third kappa shape index (κ3) is 1.72. The quantitative estimate of drug-likeness (QED) is 0.786. The minimum Gasteiger partial charge on any atom is -0.366 e. The Morgan fingerprint density at radius 2 is 1.92 bits per heavy atom. The van der Waals surface area contributed by atoms with Gasteiger partial charge in [-0.05, 0) is 22.9 Å². The molecule has 2 aromatic rings. The normalized spacial score (nSPS) is 9.54. The summed E-state index contributed by atoms with van der Waals surface area (Å²) < 4.78 is 0. The topological polar surface area (TPSA) is 58.9 Å². The Bertz CT molecular complexity index is 436. The van der Waals surface area contributed by atoms with Gasteiger partial charge in [-0.3, -0.25) is 4.79 Å². The molecule has 68 valence electrons. The Hall–Kier alpha value is -1.29. The highest BCUT2D eigenvalue weighted by molar-refractivity contribution is 8.93. The predicted molar refractivity (Wildman–Crippen MR) is 57.1 cm³/mol. The monoisotopic (exact) mass is 240 g/mol. The van der Waals surface area contributed by atoms with Crippen LogP contribution in [0.3, 0.4) is 0 Å². The molecule has 1 aromatic heterocycles. The van der Waals surface area contributed by atoms with Gasteiger partial charge in [0.1, 0.15) is 0 Å². The average Bonchev–Trinajstić information content (AvgIpc) is 2.49. The van der Waals surface area contributed by atoms with Gasteiger partial charge in [-0.25, -0.2) is 0 Å². The zero-order valence-corrected chi connectivity index (χ0v) is 8.49. The zero-order chi connectivity index (χ0) is 8.55. The summed E-state index contributed by atoms with van der Waals surface area (Å²) in [5.41, 5.74) is 5.67. The van der Waals surface area contributed by atoms with Gasteiger partial charge in [-0.15, -0.1) is 17.0 Å². The van der Waals surface area contributed by atoms with E-state index in [9.17, 15) is 4.79 Å². The molecule has 1 aromatic carbocycles. The summed E-state index contributed by atoms with van der Waals surface area (Å²) in [5, 5.41) is 2.09. The van der Waals surface area contributed by atoms with Crippen molar-refractivity contribution in [2.45, 2.75) is 0 Å². The van der Waals surface area contributed by atoms with Crippen LogP contribution in [0.25, 0.3) is 10.8 Å². The summed E-state index contributed by atoms with van der Waals surface area (Å²) >= 11 is 0. The van der Waals surface area contributed by atoms with Crippen LogP contribution in [0, 0.1) is 0 Å². The maximum atomic E-state index is 10.8. The number of aromatic nitrogens is 1. The SMILES string of the molecule is Br.NC(=O)c1ccc2c[nH]cc2c1. The number of rotatable bonds is 1. The van der Waals surface area contributed by atoms with E-state index in [-0.39, 0.29) is 17.0 Å². The van der Waals surface area contributed by atoms with Crippen molar-refractivity contribution in [2.75, 3.05) is 0 Å². The van der Waals surface area contributed by atoms with Gasteiger partial charge in [0.25, 0.3) is 0 Å². The molecular formula is C9H9BrN2O. The highest BCUT2D eigenvalue weighted by Crippen LogP contribution is 2.14. The molecule has 0 unspecified atom stereocenters. The lowest BCUT2D eigenvalue weighted by atomic mass is 10.1. The number of halogens is 1. The number of hydrogen-bond donors (Lipinski definition) is 2. The van der Waals surface area contributed by atoms with Gasteiger partial charge in [0.15, 0.2) is 0 Å². The van der Waals surface area contributed by atoms with E-state index in [0.29, 0.717) is 5.56 Å². The molecule has 1 amide bonds. The van der Waals surface area contributed by atoms with E-state index in [2.05, 4.69) is 4.98 Å². The number of carbonyl (C=O) groups is 1. The van der Waals surface area contributed by atoms with Crippen molar-refractivity contribution in [3.05, 3.63) is 36.2 Å². The number of nitrogens with one attached hydrogen (secondary N) is 1. The molecule has 0 radical (unpaired) electrons. The Labute approximate surface area is 85.7 Å². The summed E-state index contributed by atoms with van der Waals surface area (Å²) in [5.74, 6) is -0.391. The Balaban J connectivity index is 0.000000845.